The van der Waals surface area contributed by atoms with Crippen molar-refractivity contribution >= 4 is 5.97 Å². The molecule has 0 bridgehead atoms. The van der Waals surface area contributed by atoms with E-state index in [0.29, 0.717) is 17.7 Å². The number of hydrogen-bond acceptors (Lipinski definition) is 7. The summed E-state index contributed by atoms with van der Waals surface area (Å²) in [5.41, 5.74) is 7.74. The Morgan fingerprint density at radius 3 is 2.91 bits per heavy atom. The lowest BCUT2D eigenvalue weighted by molar-refractivity contribution is 0.0535. The molecule has 0 radical (unpaired) electrons. The molecule has 5 rings (SSSR count). The Hall–Kier alpha value is -3.54. The molecule has 33 heavy (non-hydrogen) atoms. The van der Waals surface area contributed by atoms with Gasteiger partial charge in [-0.15, -0.1) is 0 Å². The molecule has 1 aromatic carbocycles. The number of cyclic esters (lactones) is 1. The van der Waals surface area contributed by atoms with Gasteiger partial charge in [-0.3, -0.25) is 4.90 Å². The second-order valence-electron chi connectivity index (χ2n) is 8.76. The molecule has 0 aliphatic carbocycles. The minimum Gasteiger partial charge on any atom is -0.457 e. The third kappa shape index (κ3) is 3.80. The number of ether oxygens (including phenoxy) is 1. The Morgan fingerprint density at radius 2 is 2.12 bits per heavy atom. The zero-order valence-electron chi connectivity index (χ0n) is 19.1. The fraction of sp³-hybridized carbons (Fsp3) is 0.360. The summed E-state index contributed by atoms with van der Waals surface area (Å²) in [6.07, 6.45) is 3.51. The Balaban J connectivity index is 1.34. The Bertz CT molecular complexity index is 1290. The van der Waals surface area contributed by atoms with Gasteiger partial charge in [0.15, 0.2) is 5.82 Å². The Kier molecular flexibility index (Phi) is 5.44. The van der Waals surface area contributed by atoms with Gasteiger partial charge in [-0.1, -0.05) is 6.07 Å². The van der Waals surface area contributed by atoms with E-state index in [1.807, 2.05) is 29.9 Å². The first-order valence-electron chi connectivity index (χ1n) is 11.1. The molecule has 1 saturated heterocycles. The van der Waals surface area contributed by atoms with E-state index >= 15 is 0 Å². The van der Waals surface area contributed by atoms with Gasteiger partial charge < -0.3 is 10.1 Å². The summed E-state index contributed by atoms with van der Waals surface area (Å²) >= 11 is 0. The molecule has 2 aromatic heterocycles. The second kappa shape index (κ2) is 8.43. The summed E-state index contributed by atoms with van der Waals surface area (Å²) < 4.78 is 7.06. The standard InChI is InChI=1S/C25H26N6O2/c1-15-8-24(28-10-18(15)9-26)31-17(3)19(11-29-31)12-30-7-6-27-23(13-30)20-4-5-21-22(16(20)2)14-33-25(21)32/h4-5,8,10-11,23,27H,6-7,12-14H2,1-3H3/t23-/m0/s1. The van der Waals surface area contributed by atoms with Gasteiger partial charge in [-0.25, -0.2) is 14.5 Å². The van der Waals surface area contributed by atoms with E-state index in [1.54, 1.807) is 6.20 Å². The van der Waals surface area contributed by atoms with E-state index in [-0.39, 0.29) is 12.0 Å². The maximum absolute atomic E-state index is 11.9. The topological polar surface area (TPSA) is 96.1 Å². The molecule has 3 aromatic rings. The number of aromatic nitrogens is 3. The van der Waals surface area contributed by atoms with Crippen LogP contribution >= 0.6 is 0 Å². The number of benzene rings is 1. The van der Waals surface area contributed by atoms with Crippen molar-refractivity contribution in [2.45, 2.75) is 40.0 Å². The smallest absolute Gasteiger partial charge is 0.338 e. The fourth-order valence-electron chi connectivity index (χ4n) is 4.75. The molecule has 0 amide bonds. The molecule has 1 N–H and O–H groups in total. The largest absolute Gasteiger partial charge is 0.457 e. The van der Waals surface area contributed by atoms with Crippen LogP contribution < -0.4 is 5.32 Å². The van der Waals surface area contributed by atoms with Crippen molar-refractivity contribution < 1.29 is 9.53 Å². The number of pyridine rings is 1. The van der Waals surface area contributed by atoms with Gasteiger partial charge >= 0.3 is 5.97 Å². The number of carbonyl (C=O) groups is 1. The third-order valence-corrected chi connectivity index (χ3v) is 6.78. The zero-order chi connectivity index (χ0) is 23.1. The van der Waals surface area contributed by atoms with Gasteiger partial charge in [0.2, 0.25) is 0 Å². The van der Waals surface area contributed by atoms with Crippen LogP contribution in [0.3, 0.4) is 0 Å². The van der Waals surface area contributed by atoms with Gasteiger partial charge in [0.25, 0.3) is 0 Å². The lowest BCUT2D eigenvalue weighted by Gasteiger charge is -2.34. The van der Waals surface area contributed by atoms with Crippen LogP contribution in [0, 0.1) is 32.1 Å². The molecule has 1 atom stereocenters. The highest BCUT2D eigenvalue weighted by Gasteiger charge is 2.28. The highest BCUT2D eigenvalue weighted by atomic mass is 16.5. The molecule has 0 unspecified atom stereocenters. The number of nitriles is 1. The average molecular weight is 443 g/mol. The van der Waals surface area contributed by atoms with Crippen molar-refractivity contribution in [2.75, 3.05) is 19.6 Å². The maximum Gasteiger partial charge on any atom is 0.338 e. The summed E-state index contributed by atoms with van der Waals surface area (Å²) in [4.78, 5) is 18.7. The van der Waals surface area contributed by atoms with E-state index < -0.39 is 0 Å². The van der Waals surface area contributed by atoms with Crippen molar-refractivity contribution in [3.63, 3.8) is 0 Å². The van der Waals surface area contributed by atoms with E-state index in [9.17, 15) is 4.79 Å². The van der Waals surface area contributed by atoms with Crippen LogP contribution in [0.5, 0.6) is 0 Å². The van der Waals surface area contributed by atoms with Gasteiger partial charge in [0, 0.05) is 55.2 Å². The quantitative estimate of drug-likeness (QED) is 0.621. The normalized spacial score (nSPS) is 18.1. The third-order valence-electron chi connectivity index (χ3n) is 6.78. The van der Waals surface area contributed by atoms with Gasteiger partial charge in [0.1, 0.15) is 12.7 Å². The number of carbonyl (C=O) groups excluding carboxylic acids is 1. The first-order chi connectivity index (χ1) is 16.0. The van der Waals surface area contributed by atoms with Gasteiger partial charge in [-0.05, 0) is 49.6 Å². The van der Waals surface area contributed by atoms with Crippen molar-refractivity contribution in [3.8, 4) is 11.9 Å². The first kappa shape index (κ1) is 21.3. The van der Waals surface area contributed by atoms with Crippen LogP contribution in [0.25, 0.3) is 5.82 Å². The van der Waals surface area contributed by atoms with Crippen LogP contribution in [-0.2, 0) is 17.9 Å². The average Bonchev–Trinajstić information content (AvgIpc) is 3.37. The van der Waals surface area contributed by atoms with Crippen molar-refractivity contribution in [3.05, 3.63) is 75.2 Å². The lowest BCUT2D eigenvalue weighted by Crippen LogP contribution is -2.45. The van der Waals surface area contributed by atoms with E-state index in [2.05, 4.69) is 46.3 Å². The number of nitrogens with one attached hydrogen (secondary N) is 1. The van der Waals surface area contributed by atoms with Crippen LogP contribution in [0.4, 0.5) is 0 Å². The first-order valence-corrected chi connectivity index (χ1v) is 11.1. The predicted molar refractivity (Wildman–Crippen MR) is 122 cm³/mol. The highest BCUT2D eigenvalue weighted by Crippen LogP contribution is 2.30. The Morgan fingerprint density at radius 1 is 1.27 bits per heavy atom. The SMILES string of the molecule is Cc1cc(-n2ncc(CN3CCN[C@H](c4ccc5c(c4C)COC5=O)C3)c2C)ncc1C#N. The van der Waals surface area contributed by atoms with Crippen molar-refractivity contribution in [1.29, 1.82) is 5.26 Å². The summed E-state index contributed by atoms with van der Waals surface area (Å²) in [6.45, 7) is 9.91. The molecule has 0 saturated carbocycles. The minimum absolute atomic E-state index is 0.193. The molecule has 2 aliphatic rings. The number of esters is 1. The number of piperazine rings is 1. The van der Waals surface area contributed by atoms with E-state index in [1.165, 1.54) is 5.56 Å². The number of aryl methyl sites for hydroxylation is 1. The predicted octanol–water partition coefficient (Wildman–Crippen LogP) is 2.88. The highest BCUT2D eigenvalue weighted by molar-refractivity contribution is 5.94. The van der Waals surface area contributed by atoms with Gasteiger partial charge in [0.05, 0.1) is 17.3 Å². The molecule has 168 valence electrons. The minimum atomic E-state index is -0.225. The summed E-state index contributed by atoms with van der Waals surface area (Å²) in [5, 5.41) is 17.4. The number of hydrogen-bond donors (Lipinski definition) is 1. The number of fused-ring (bicyclic) bond motifs is 1. The Labute approximate surface area is 192 Å². The maximum atomic E-state index is 11.9. The summed E-state index contributed by atoms with van der Waals surface area (Å²) in [5.74, 6) is 0.497. The fourth-order valence-corrected chi connectivity index (χ4v) is 4.75. The molecule has 2 aliphatic heterocycles. The van der Waals surface area contributed by atoms with E-state index in [4.69, 9.17) is 10.00 Å². The van der Waals surface area contributed by atoms with Crippen molar-refractivity contribution in [2.24, 2.45) is 0 Å². The summed E-state index contributed by atoms with van der Waals surface area (Å²) in [7, 11) is 0. The number of nitrogens with zero attached hydrogens (tertiary/aromatic N) is 5. The van der Waals surface area contributed by atoms with Crippen LogP contribution in [0.1, 0.15) is 55.5 Å². The van der Waals surface area contributed by atoms with Crippen LogP contribution in [-0.4, -0.2) is 45.3 Å². The lowest BCUT2D eigenvalue weighted by atomic mass is 9.93. The molecule has 4 heterocycles. The molecular weight excluding hydrogens is 416 g/mol. The molecule has 0 spiro atoms. The van der Waals surface area contributed by atoms with Crippen LogP contribution in [0.15, 0.2) is 30.6 Å². The molecule has 1 fully saturated rings. The van der Waals surface area contributed by atoms with Gasteiger partial charge in [-0.2, -0.15) is 10.4 Å². The van der Waals surface area contributed by atoms with E-state index in [0.717, 1.165) is 59.9 Å². The zero-order valence-corrected chi connectivity index (χ0v) is 19.1. The van der Waals surface area contributed by atoms with Crippen molar-refractivity contribution in [1.82, 2.24) is 25.0 Å². The number of rotatable bonds is 4. The van der Waals surface area contributed by atoms with Crippen LogP contribution in [0.2, 0.25) is 0 Å². The molecule has 8 nitrogen and oxygen atoms in total. The second-order valence-corrected chi connectivity index (χ2v) is 8.76. The summed E-state index contributed by atoms with van der Waals surface area (Å²) in [6, 6.07) is 8.20. The molecule has 8 heteroatoms. The monoisotopic (exact) mass is 442 g/mol. The molecular formula is C25H26N6O2.